The van der Waals surface area contributed by atoms with Crippen molar-refractivity contribution in [3.63, 3.8) is 0 Å². The summed E-state index contributed by atoms with van der Waals surface area (Å²) >= 11 is 1.55. The lowest BCUT2D eigenvalue weighted by Crippen LogP contribution is -2.28. The Bertz CT molecular complexity index is 685. The number of hydrogen-bond donors (Lipinski definition) is 3. The maximum absolute atomic E-state index is 13.5. The minimum Gasteiger partial charge on any atom is -0.478 e. The first kappa shape index (κ1) is 15.0. The molecule has 0 saturated carbocycles. The monoisotopic (exact) mass is 308 g/mol. The van der Waals surface area contributed by atoms with Crippen LogP contribution in [-0.4, -0.2) is 17.1 Å². The molecule has 3 N–H and O–H groups in total. The van der Waals surface area contributed by atoms with Crippen molar-refractivity contribution in [2.24, 2.45) is 0 Å². The number of benzene rings is 1. The Balaban J connectivity index is 1.99. The normalized spacial score (nSPS) is 10.2. The second-order valence-corrected chi connectivity index (χ2v) is 5.69. The molecule has 5 nitrogen and oxygen atoms in total. The maximum Gasteiger partial charge on any atom is 0.335 e. The summed E-state index contributed by atoms with van der Waals surface area (Å²) in [5, 5.41) is 13.7. The van der Waals surface area contributed by atoms with Gasteiger partial charge in [-0.2, -0.15) is 0 Å². The van der Waals surface area contributed by atoms with Gasteiger partial charge in [0.15, 0.2) is 0 Å². The molecule has 0 saturated heterocycles. The highest BCUT2D eigenvalue weighted by molar-refractivity contribution is 7.11. The molecular weight excluding hydrogens is 295 g/mol. The van der Waals surface area contributed by atoms with Gasteiger partial charge in [-0.25, -0.2) is 14.0 Å². The SMILES string of the molecule is Cc1ccc(CNC(=O)Nc2cc(C(=O)O)ccc2F)s1. The quantitative estimate of drug-likeness (QED) is 0.811. The van der Waals surface area contributed by atoms with Gasteiger partial charge in [-0.1, -0.05) is 0 Å². The van der Waals surface area contributed by atoms with Crippen molar-refractivity contribution < 1.29 is 19.1 Å². The van der Waals surface area contributed by atoms with Gasteiger partial charge in [0.2, 0.25) is 0 Å². The predicted molar refractivity (Wildman–Crippen MR) is 78.3 cm³/mol. The van der Waals surface area contributed by atoms with E-state index in [1.54, 1.807) is 11.3 Å². The number of aryl methyl sites for hydroxylation is 1. The van der Waals surface area contributed by atoms with Crippen molar-refractivity contribution in [2.75, 3.05) is 5.32 Å². The first-order chi connectivity index (χ1) is 9.95. The zero-order chi connectivity index (χ0) is 15.4. The van der Waals surface area contributed by atoms with E-state index >= 15 is 0 Å². The number of urea groups is 1. The molecule has 2 aromatic rings. The number of amides is 2. The molecule has 0 unspecified atom stereocenters. The molecule has 1 aromatic heterocycles. The molecule has 0 aliphatic rings. The molecule has 110 valence electrons. The lowest BCUT2D eigenvalue weighted by atomic mass is 10.2. The lowest BCUT2D eigenvalue weighted by molar-refractivity contribution is 0.0697. The number of halogens is 1. The summed E-state index contributed by atoms with van der Waals surface area (Å²) < 4.78 is 13.5. The van der Waals surface area contributed by atoms with Gasteiger partial charge in [0, 0.05) is 9.75 Å². The van der Waals surface area contributed by atoms with Crippen LogP contribution in [0, 0.1) is 12.7 Å². The number of rotatable bonds is 4. The van der Waals surface area contributed by atoms with Crippen molar-refractivity contribution in [3.05, 3.63) is 51.5 Å². The summed E-state index contributed by atoms with van der Waals surface area (Å²) in [5.74, 6) is -1.88. The van der Waals surface area contributed by atoms with Gasteiger partial charge in [-0.15, -0.1) is 11.3 Å². The van der Waals surface area contributed by atoms with Crippen LogP contribution in [-0.2, 0) is 6.54 Å². The fraction of sp³-hybridized carbons (Fsp3) is 0.143. The fourth-order valence-electron chi connectivity index (χ4n) is 1.67. The highest BCUT2D eigenvalue weighted by Gasteiger charge is 2.11. The molecule has 2 amide bonds. The molecule has 21 heavy (non-hydrogen) atoms. The Labute approximate surface area is 124 Å². The number of carbonyl (C=O) groups excluding carboxylic acids is 1. The van der Waals surface area contributed by atoms with Crippen LogP contribution >= 0.6 is 11.3 Å². The van der Waals surface area contributed by atoms with Gasteiger partial charge in [-0.05, 0) is 37.3 Å². The van der Waals surface area contributed by atoms with Crippen LogP contribution in [0.3, 0.4) is 0 Å². The largest absolute Gasteiger partial charge is 0.478 e. The van der Waals surface area contributed by atoms with Gasteiger partial charge in [0.05, 0.1) is 17.8 Å². The zero-order valence-electron chi connectivity index (χ0n) is 11.1. The van der Waals surface area contributed by atoms with Crippen LogP contribution in [0.25, 0.3) is 0 Å². The second-order valence-electron chi connectivity index (χ2n) is 4.32. The first-order valence-electron chi connectivity index (χ1n) is 6.08. The Kier molecular flexibility index (Phi) is 4.54. The Morgan fingerprint density at radius 2 is 2.05 bits per heavy atom. The zero-order valence-corrected chi connectivity index (χ0v) is 12.0. The maximum atomic E-state index is 13.5. The molecule has 0 fully saturated rings. The van der Waals surface area contributed by atoms with Crippen molar-refractivity contribution >= 4 is 29.0 Å². The van der Waals surface area contributed by atoms with E-state index in [0.717, 1.165) is 28.0 Å². The lowest BCUT2D eigenvalue weighted by Gasteiger charge is -2.08. The van der Waals surface area contributed by atoms with Crippen LogP contribution in [0.5, 0.6) is 0 Å². The average Bonchev–Trinajstić information content (AvgIpc) is 2.84. The number of aromatic carboxylic acids is 1. The van der Waals surface area contributed by atoms with E-state index in [9.17, 15) is 14.0 Å². The standard InChI is InChI=1S/C14H13FN2O3S/c1-8-2-4-10(21-8)7-16-14(20)17-12-6-9(13(18)19)3-5-11(12)15/h2-6H,7H2,1H3,(H,18,19)(H2,16,17,20). The van der Waals surface area contributed by atoms with E-state index in [4.69, 9.17) is 5.11 Å². The van der Waals surface area contributed by atoms with E-state index in [0.29, 0.717) is 6.54 Å². The highest BCUT2D eigenvalue weighted by Crippen LogP contribution is 2.17. The van der Waals surface area contributed by atoms with Crippen LogP contribution in [0.4, 0.5) is 14.9 Å². The predicted octanol–water partition coefficient (Wildman–Crippen LogP) is 3.22. The molecule has 0 radical (unpaired) electrons. The van der Waals surface area contributed by atoms with E-state index in [1.165, 1.54) is 0 Å². The van der Waals surface area contributed by atoms with Crippen LogP contribution in [0.2, 0.25) is 0 Å². The van der Waals surface area contributed by atoms with Crippen molar-refractivity contribution in [1.29, 1.82) is 0 Å². The van der Waals surface area contributed by atoms with E-state index in [-0.39, 0.29) is 11.3 Å². The summed E-state index contributed by atoms with van der Waals surface area (Å²) in [6.45, 7) is 2.28. The van der Waals surface area contributed by atoms with Crippen LogP contribution < -0.4 is 10.6 Å². The number of thiophene rings is 1. The average molecular weight is 308 g/mol. The van der Waals surface area contributed by atoms with Gasteiger partial charge < -0.3 is 15.7 Å². The summed E-state index contributed by atoms with van der Waals surface area (Å²) in [7, 11) is 0. The summed E-state index contributed by atoms with van der Waals surface area (Å²) in [6, 6.07) is 6.45. The van der Waals surface area contributed by atoms with Crippen molar-refractivity contribution in [1.82, 2.24) is 5.32 Å². The molecular formula is C14H13FN2O3S. The Morgan fingerprint density at radius 3 is 2.67 bits per heavy atom. The third kappa shape index (κ3) is 4.03. The third-order valence-corrected chi connectivity index (χ3v) is 3.68. The third-order valence-electron chi connectivity index (χ3n) is 2.68. The van der Waals surface area contributed by atoms with Gasteiger partial charge in [0.1, 0.15) is 5.82 Å². The van der Waals surface area contributed by atoms with Crippen molar-refractivity contribution in [2.45, 2.75) is 13.5 Å². The number of hydrogen-bond acceptors (Lipinski definition) is 3. The van der Waals surface area contributed by atoms with Crippen molar-refractivity contribution in [3.8, 4) is 0 Å². The summed E-state index contributed by atoms with van der Waals surface area (Å²) in [4.78, 5) is 24.6. The van der Waals surface area contributed by atoms with E-state index in [1.807, 2.05) is 19.1 Å². The van der Waals surface area contributed by atoms with Gasteiger partial charge in [-0.3, -0.25) is 0 Å². The molecule has 2 rings (SSSR count). The topological polar surface area (TPSA) is 78.4 Å². The molecule has 7 heteroatoms. The number of carbonyl (C=O) groups is 2. The smallest absolute Gasteiger partial charge is 0.335 e. The first-order valence-corrected chi connectivity index (χ1v) is 6.90. The molecule has 0 spiro atoms. The Hall–Kier alpha value is -2.41. The van der Waals surface area contributed by atoms with Crippen LogP contribution in [0.15, 0.2) is 30.3 Å². The molecule has 1 heterocycles. The van der Waals surface area contributed by atoms with Gasteiger partial charge in [0.25, 0.3) is 0 Å². The molecule has 0 aliphatic carbocycles. The van der Waals surface area contributed by atoms with Crippen LogP contribution in [0.1, 0.15) is 20.1 Å². The van der Waals surface area contributed by atoms with E-state index in [2.05, 4.69) is 10.6 Å². The minimum absolute atomic E-state index is 0.0967. The molecule has 0 bridgehead atoms. The number of anilines is 1. The minimum atomic E-state index is -1.19. The molecule has 0 atom stereocenters. The number of carboxylic acids is 1. The highest BCUT2D eigenvalue weighted by atomic mass is 32.1. The fourth-order valence-corrected chi connectivity index (χ4v) is 2.50. The summed E-state index contributed by atoms with van der Waals surface area (Å²) in [5.41, 5.74) is -0.268. The summed E-state index contributed by atoms with van der Waals surface area (Å²) in [6.07, 6.45) is 0. The van der Waals surface area contributed by atoms with Gasteiger partial charge >= 0.3 is 12.0 Å². The Morgan fingerprint density at radius 1 is 1.29 bits per heavy atom. The molecule has 1 aromatic carbocycles. The second kappa shape index (κ2) is 6.36. The van der Waals surface area contributed by atoms with E-state index < -0.39 is 17.8 Å². The number of carboxylic acid groups (broad SMARTS) is 1. The molecule has 0 aliphatic heterocycles. The number of nitrogens with one attached hydrogen (secondary N) is 2.